The Morgan fingerprint density at radius 2 is 2.24 bits per heavy atom. The van der Waals surface area contributed by atoms with Gasteiger partial charge in [0.05, 0.1) is 10.6 Å². The van der Waals surface area contributed by atoms with Crippen molar-refractivity contribution in [3.63, 3.8) is 0 Å². The highest BCUT2D eigenvalue weighted by molar-refractivity contribution is 5.48. The molecule has 2 rings (SSSR count). The van der Waals surface area contributed by atoms with Gasteiger partial charge in [0, 0.05) is 30.9 Å². The monoisotopic (exact) mass is 231 g/mol. The Kier molecular flexibility index (Phi) is 2.91. The molecule has 5 nitrogen and oxygen atoms in total. The molecule has 0 aliphatic rings. The number of rotatable bonds is 3. The van der Waals surface area contributed by atoms with Crippen LogP contribution in [0.15, 0.2) is 30.6 Å². The van der Waals surface area contributed by atoms with Crippen molar-refractivity contribution in [1.82, 2.24) is 9.55 Å². The first kappa shape index (κ1) is 11.3. The molecule has 88 valence electrons. The summed E-state index contributed by atoms with van der Waals surface area (Å²) in [5.74, 6) is 0.946. The van der Waals surface area contributed by atoms with Crippen LogP contribution in [0, 0.1) is 17.0 Å². The second-order valence-electron chi connectivity index (χ2n) is 3.79. The number of hydrogen-bond acceptors (Lipinski definition) is 3. The molecular formula is C12H13N3O2. The van der Waals surface area contributed by atoms with Gasteiger partial charge >= 0.3 is 0 Å². The molecular weight excluding hydrogens is 218 g/mol. The quantitative estimate of drug-likeness (QED) is 0.602. The number of nitro groups is 1. The zero-order chi connectivity index (χ0) is 12.4. The molecule has 0 atom stereocenters. The molecule has 1 heterocycles. The molecule has 0 unspecified atom stereocenters. The molecule has 0 saturated carbocycles. The number of hydrogen-bond donors (Lipinski definition) is 0. The van der Waals surface area contributed by atoms with Crippen molar-refractivity contribution in [3.8, 4) is 5.69 Å². The SMILES string of the molecule is CCc1nccn1-c1ccc([N+](=O)[O-])cc1C. The van der Waals surface area contributed by atoms with Crippen molar-refractivity contribution in [2.24, 2.45) is 0 Å². The van der Waals surface area contributed by atoms with E-state index in [1.54, 1.807) is 18.3 Å². The van der Waals surface area contributed by atoms with Crippen molar-refractivity contribution in [3.05, 3.63) is 52.1 Å². The molecule has 0 spiro atoms. The smallest absolute Gasteiger partial charge is 0.269 e. The lowest BCUT2D eigenvalue weighted by Crippen LogP contribution is -2.01. The Balaban J connectivity index is 2.50. The van der Waals surface area contributed by atoms with Crippen LogP contribution >= 0.6 is 0 Å². The van der Waals surface area contributed by atoms with Crippen LogP contribution in [0.25, 0.3) is 5.69 Å². The van der Waals surface area contributed by atoms with Crippen molar-refractivity contribution >= 4 is 5.69 Å². The average Bonchev–Trinajstić information content (AvgIpc) is 2.76. The molecule has 17 heavy (non-hydrogen) atoms. The molecule has 0 radical (unpaired) electrons. The van der Waals surface area contributed by atoms with E-state index in [0.29, 0.717) is 0 Å². The molecule has 0 bridgehead atoms. The molecule has 1 aromatic heterocycles. The summed E-state index contributed by atoms with van der Waals surface area (Å²) in [7, 11) is 0. The maximum absolute atomic E-state index is 10.7. The minimum absolute atomic E-state index is 0.115. The molecule has 0 saturated heterocycles. The Bertz CT molecular complexity index is 561. The van der Waals surface area contributed by atoms with Crippen molar-refractivity contribution in [1.29, 1.82) is 0 Å². The van der Waals surface area contributed by atoms with E-state index in [4.69, 9.17) is 0 Å². The fourth-order valence-corrected chi connectivity index (χ4v) is 1.84. The second-order valence-corrected chi connectivity index (χ2v) is 3.79. The molecule has 2 aromatic rings. The molecule has 0 aliphatic carbocycles. The molecule has 1 aromatic carbocycles. The van der Waals surface area contributed by atoms with Crippen LogP contribution in [-0.2, 0) is 6.42 Å². The molecule has 0 fully saturated rings. The van der Waals surface area contributed by atoms with E-state index in [1.165, 1.54) is 6.07 Å². The maximum atomic E-state index is 10.7. The van der Waals surface area contributed by atoms with Crippen LogP contribution in [0.3, 0.4) is 0 Å². The topological polar surface area (TPSA) is 61.0 Å². The highest BCUT2D eigenvalue weighted by atomic mass is 16.6. The van der Waals surface area contributed by atoms with Crippen LogP contribution < -0.4 is 0 Å². The van der Waals surface area contributed by atoms with Gasteiger partial charge in [-0.15, -0.1) is 0 Å². The highest BCUT2D eigenvalue weighted by Crippen LogP contribution is 2.21. The van der Waals surface area contributed by atoms with Gasteiger partial charge < -0.3 is 4.57 Å². The Morgan fingerprint density at radius 3 is 2.82 bits per heavy atom. The zero-order valence-corrected chi connectivity index (χ0v) is 9.75. The Morgan fingerprint density at radius 1 is 1.47 bits per heavy atom. The number of nitrogens with zero attached hydrogens (tertiary/aromatic N) is 3. The van der Waals surface area contributed by atoms with E-state index in [-0.39, 0.29) is 10.6 Å². The van der Waals surface area contributed by atoms with Crippen LogP contribution in [-0.4, -0.2) is 14.5 Å². The number of benzene rings is 1. The summed E-state index contributed by atoms with van der Waals surface area (Å²) in [4.78, 5) is 14.5. The van der Waals surface area contributed by atoms with Gasteiger partial charge in [0.15, 0.2) is 0 Å². The predicted molar refractivity (Wildman–Crippen MR) is 64.3 cm³/mol. The third-order valence-electron chi connectivity index (χ3n) is 2.68. The van der Waals surface area contributed by atoms with Crippen molar-refractivity contribution in [2.45, 2.75) is 20.3 Å². The van der Waals surface area contributed by atoms with Gasteiger partial charge in [-0.2, -0.15) is 0 Å². The van der Waals surface area contributed by atoms with E-state index >= 15 is 0 Å². The molecule has 5 heteroatoms. The minimum Gasteiger partial charge on any atom is -0.304 e. The first-order valence-electron chi connectivity index (χ1n) is 5.41. The Hall–Kier alpha value is -2.17. The number of aromatic nitrogens is 2. The zero-order valence-electron chi connectivity index (χ0n) is 9.75. The highest BCUT2D eigenvalue weighted by Gasteiger charge is 2.10. The van der Waals surface area contributed by atoms with Gasteiger partial charge in [0.1, 0.15) is 5.82 Å². The third-order valence-corrected chi connectivity index (χ3v) is 2.68. The lowest BCUT2D eigenvalue weighted by molar-refractivity contribution is -0.384. The van der Waals surface area contributed by atoms with E-state index in [9.17, 15) is 10.1 Å². The molecule has 0 amide bonds. The third kappa shape index (κ3) is 2.04. The minimum atomic E-state index is -0.384. The summed E-state index contributed by atoms with van der Waals surface area (Å²) in [6, 6.07) is 4.85. The number of nitro benzene ring substituents is 1. The van der Waals surface area contributed by atoms with Crippen LogP contribution in [0.5, 0.6) is 0 Å². The largest absolute Gasteiger partial charge is 0.304 e. The average molecular weight is 231 g/mol. The van der Waals surface area contributed by atoms with E-state index in [1.807, 2.05) is 24.6 Å². The summed E-state index contributed by atoms with van der Waals surface area (Å²) in [5.41, 5.74) is 1.92. The van der Waals surface area contributed by atoms with E-state index < -0.39 is 0 Å². The number of non-ortho nitro benzene ring substituents is 1. The number of aryl methyl sites for hydroxylation is 2. The van der Waals surface area contributed by atoms with Gasteiger partial charge in [-0.25, -0.2) is 4.98 Å². The van der Waals surface area contributed by atoms with Gasteiger partial charge in [0.25, 0.3) is 5.69 Å². The summed E-state index contributed by atoms with van der Waals surface area (Å²) >= 11 is 0. The second kappa shape index (κ2) is 4.37. The predicted octanol–water partition coefficient (Wildman–Crippen LogP) is 2.65. The standard InChI is InChI=1S/C12H13N3O2/c1-3-12-13-6-7-14(12)11-5-4-10(15(16)17)8-9(11)2/h4-8H,3H2,1-2H3. The van der Waals surface area contributed by atoms with Gasteiger partial charge in [-0.05, 0) is 18.6 Å². The summed E-state index contributed by atoms with van der Waals surface area (Å²) in [6.07, 6.45) is 4.43. The lowest BCUT2D eigenvalue weighted by atomic mass is 10.1. The van der Waals surface area contributed by atoms with Crippen LogP contribution in [0.1, 0.15) is 18.3 Å². The lowest BCUT2D eigenvalue weighted by Gasteiger charge is -2.09. The fourth-order valence-electron chi connectivity index (χ4n) is 1.84. The fraction of sp³-hybridized carbons (Fsp3) is 0.250. The first-order valence-corrected chi connectivity index (χ1v) is 5.41. The summed E-state index contributed by atoms with van der Waals surface area (Å²) < 4.78 is 1.96. The molecule has 0 aliphatic heterocycles. The first-order chi connectivity index (χ1) is 8.13. The normalized spacial score (nSPS) is 10.5. The molecule has 0 N–H and O–H groups in total. The van der Waals surface area contributed by atoms with Gasteiger partial charge in [-0.3, -0.25) is 10.1 Å². The van der Waals surface area contributed by atoms with Crippen molar-refractivity contribution in [2.75, 3.05) is 0 Å². The van der Waals surface area contributed by atoms with E-state index in [2.05, 4.69) is 4.98 Å². The Labute approximate surface area is 98.9 Å². The summed E-state index contributed by atoms with van der Waals surface area (Å²) in [5, 5.41) is 10.7. The van der Waals surface area contributed by atoms with Gasteiger partial charge in [-0.1, -0.05) is 6.92 Å². The van der Waals surface area contributed by atoms with E-state index in [0.717, 1.165) is 23.5 Å². The van der Waals surface area contributed by atoms with Crippen LogP contribution in [0.4, 0.5) is 5.69 Å². The van der Waals surface area contributed by atoms with Gasteiger partial charge in [0.2, 0.25) is 0 Å². The summed E-state index contributed by atoms with van der Waals surface area (Å²) in [6.45, 7) is 3.89. The van der Waals surface area contributed by atoms with Crippen LogP contribution in [0.2, 0.25) is 0 Å². The maximum Gasteiger partial charge on any atom is 0.269 e. The number of imidazole rings is 1. The van der Waals surface area contributed by atoms with Crippen molar-refractivity contribution < 1.29 is 4.92 Å².